The van der Waals surface area contributed by atoms with Crippen molar-refractivity contribution < 1.29 is 14.7 Å². The van der Waals surface area contributed by atoms with Crippen molar-refractivity contribution in [3.8, 4) is 0 Å². The van der Waals surface area contributed by atoms with Crippen LogP contribution in [0.25, 0.3) is 0 Å². The van der Waals surface area contributed by atoms with Gasteiger partial charge in [0.2, 0.25) is 5.91 Å². The summed E-state index contributed by atoms with van der Waals surface area (Å²) >= 11 is 0. The average molecular weight is 292 g/mol. The van der Waals surface area contributed by atoms with Gasteiger partial charge in [0.1, 0.15) is 0 Å². The van der Waals surface area contributed by atoms with Gasteiger partial charge in [-0.2, -0.15) is 0 Å². The Hall–Kier alpha value is -1.32. The third-order valence-corrected chi connectivity index (χ3v) is 5.11. The van der Waals surface area contributed by atoms with Crippen molar-refractivity contribution in [3.05, 3.63) is 11.1 Å². The van der Waals surface area contributed by atoms with Crippen LogP contribution in [-0.2, 0) is 9.59 Å². The third kappa shape index (κ3) is 4.08. The summed E-state index contributed by atoms with van der Waals surface area (Å²) in [5.41, 5.74) is 2.23. The van der Waals surface area contributed by atoms with Gasteiger partial charge < -0.3 is 15.2 Å². The summed E-state index contributed by atoms with van der Waals surface area (Å²) in [7, 11) is 0. The highest BCUT2D eigenvalue weighted by molar-refractivity contribution is 5.85. The molecule has 21 heavy (non-hydrogen) atoms. The van der Waals surface area contributed by atoms with E-state index in [9.17, 15) is 14.7 Å². The number of rotatable bonds is 3. The number of amides is 1. The molecule has 4 nitrogen and oxygen atoms in total. The van der Waals surface area contributed by atoms with Gasteiger partial charge in [-0.1, -0.05) is 36.8 Å². The van der Waals surface area contributed by atoms with E-state index in [1.54, 1.807) is 0 Å². The van der Waals surface area contributed by atoms with Gasteiger partial charge in [0.05, 0.1) is 0 Å². The molecule has 2 atom stereocenters. The molecule has 0 spiro atoms. The lowest BCUT2D eigenvalue weighted by atomic mass is 9.76. The first-order valence-electron chi connectivity index (χ1n) is 8.15. The second-order valence-electron chi connectivity index (χ2n) is 6.70. The van der Waals surface area contributed by atoms with Crippen molar-refractivity contribution in [1.82, 2.24) is 5.32 Å². The molecule has 118 valence electrons. The largest absolute Gasteiger partial charge is 0.550 e. The highest BCUT2D eigenvalue weighted by Gasteiger charge is 2.34. The molecule has 2 aliphatic rings. The highest BCUT2D eigenvalue weighted by atomic mass is 16.4. The molecule has 1 N–H and O–H groups in total. The molecule has 2 aliphatic carbocycles. The summed E-state index contributed by atoms with van der Waals surface area (Å²) in [5.74, 6) is -2.34. The first-order chi connectivity index (χ1) is 9.99. The van der Waals surface area contributed by atoms with Crippen molar-refractivity contribution in [2.45, 2.75) is 71.3 Å². The van der Waals surface area contributed by atoms with Crippen LogP contribution in [0.15, 0.2) is 11.1 Å². The minimum Gasteiger partial charge on any atom is -0.550 e. The van der Waals surface area contributed by atoms with Gasteiger partial charge in [-0.3, -0.25) is 4.79 Å². The van der Waals surface area contributed by atoms with E-state index < -0.39 is 17.8 Å². The maximum absolute atomic E-state index is 12.5. The molecule has 0 unspecified atom stereocenters. The maximum Gasteiger partial charge on any atom is 0.224 e. The maximum atomic E-state index is 12.5. The van der Waals surface area contributed by atoms with Gasteiger partial charge in [0, 0.05) is 23.8 Å². The van der Waals surface area contributed by atoms with Crippen molar-refractivity contribution in [3.63, 3.8) is 0 Å². The smallest absolute Gasteiger partial charge is 0.224 e. The van der Waals surface area contributed by atoms with Crippen molar-refractivity contribution >= 4 is 11.9 Å². The summed E-state index contributed by atoms with van der Waals surface area (Å²) in [6.07, 6.45) is 7.79. The Bertz CT molecular complexity index is 433. The quantitative estimate of drug-likeness (QED) is 0.638. The molecule has 1 fully saturated rings. The number of aliphatic carboxylic acids is 1. The number of carbonyl (C=O) groups is 2. The molecule has 0 radical (unpaired) electrons. The summed E-state index contributed by atoms with van der Waals surface area (Å²) in [6.45, 7) is 3.94. The van der Waals surface area contributed by atoms with E-state index in [2.05, 4.69) is 5.32 Å². The summed E-state index contributed by atoms with van der Waals surface area (Å²) in [5, 5.41) is 14.5. The Kier molecular flexibility index (Phi) is 5.43. The second-order valence-corrected chi connectivity index (χ2v) is 6.70. The van der Waals surface area contributed by atoms with E-state index in [0.29, 0.717) is 12.8 Å². The fourth-order valence-corrected chi connectivity index (χ4v) is 3.55. The fourth-order valence-electron chi connectivity index (χ4n) is 3.55. The standard InChI is InChI=1S/C17H27NO3/c1-11-9-14(15(17(20)21)10-12(11)2)16(19)18-13-7-5-3-4-6-8-13/h13-15H,3-10H2,1-2H3,(H,18,19)(H,20,21)/p-1/t14-,15-/m0/s1. The molecule has 1 saturated carbocycles. The van der Waals surface area contributed by atoms with Crippen LogP contribution in [0.1, 0.15) is 65.2 Å². The third-order valence-electron chi connectivity index (χ3n) is 5.11. The van der Waals surface area contributed by atoms with Gasteiger partial charge in [0.15, 0.2) is 0 Å². The molecule has 0 aromatic rings. The van der Waals surface area contributed by atoms with E-state index >= 15 is 0 Å². The van der Waals surface area contributed by atoms with Crippen LogP contribution in [0, 0.1) is 11.8 Å². The van der Waals surface area contributed by atoms with E-state index in [0.717, 1.165) is 36.8 Å². The monoisotopic (exact) mass is 292 g/mol. The molecule has 0 saturated heterocycles. The Labute approximate surface area is 127 Å². The average Bonchev–Trinajstić information content (AvgIpc) is 2.69. The van der Waals surface area contributed by atoms with Crippen LogP contribution < -0.4 is 10.4 Å². The van der Waals surface area contributed by atoms with E-state index in [1.165, 1.54) is 12.8 Å². The number of hydrogen-bond acceptors (Lipinski definition) is 3. The predicted octanol–water partition coefficient (Wildman–Crippen LogP) is 1.94. The van der Waals surface area contributed by atoms with E-state index in [4.69, 9.17) is 0 Å². The van der Waals surface area contributed by atoms with Gasteiger partial charge in [-0.15, -0.1) is 0 Å². The highest BCUT2D eigenvalue weighted by Crippen LogP contribution is 2.34. The molecule has 0 aromatic carbocycles. The van der Waals surface area contributed by atoms with E-state index in [-0.39, 0.29) is 11.9 Å². The zero-order valence-electron chi connectivity index (χ0n) is 13.1. The molecule has 0 aromatic heterocycles. The van der Waals surface area contributed by atoms with Crippen LogP contribution in [0.5, 0.6) is 0 Å². The lowest BCUT2D eigenvalue weighted by Gasteiger charge is -2.33. The zero-order valence-corrected chi connectivity index (χ0v) is 13.1. The number of carboxylic acid groups (broad SMARTS) is 1. The molecular weight excluding hydrogens is 266 g/mol. The first kappa shape index (κ1) is 16.1. The second kappa shape index (κ2) is 7.10. The van der Waals surface area contributed by atoms with E-state index in [1.807, 2.05) is 13.8 Å². The molecule has 4 heteroatoms. The van der Waals surface area contributed by atoms with Crippen LogP contribution in [-0.4, -0.2) is 17.9 Å². The fraction of sp³-hybridized carbons (Fsp3) is 0.765. The minimum absolute atomic E-state index is 0.0945. The number of nitrogens with one attached hydrogen (secondary N) is 1. The van der Waals surface area contributed by atoms with Crippen LogP contribution in [0.2, 0.25) is 0 Å². The Balaban J connectivity index is 2.03. The number of hydrogen-bond donors (Lipinski definition) is 1. The topological polar surface area (TPSA) is 69.2 Å². The first-order valence-corrected chi connectivity index (χ1v) is 8.15. The van der Waals surface area contributed by atoms with Gasteiger partial charge in [0.25, 0.3) is 0 Å². The van der Waals surface area contributed by atoms with Crippen molar-refractivity contribution in [2.75, 3.05) is 0 Å². The molecule has 2 rings (SSSR count). The van der Waals surface area contributed by atoms with Gasteiger partial charge in [-0.05, 0) is 39.5 Å². The molecule has 0 aliphatic heterocycles. The normalized spacial score (nSPS) is 28.1. The zero-order chi connectivity index (χ0) is 15.4. The van der Waals surface area contributed by atoms with Crippen molar-refractivity contribution in [1.29, 1.82) is 0 Å². The van der Waals surface area contributed by atoms with Crippen LogP contribution in [0.4, 0.5) is 0 Å². The Morgan fingerprint density at radius 3 is 2.00 bits per heavy atom. The number of carboxylic acids is 1. The molecule has 0 heterocycles. The van der Waals surface area contributed by atoms with Crippen molar-refractivity contribution in [2.24, 2.45) is 11.8 Å². The molecule has 0 bridgehead atoms. The number of allylic oxidation sites excluding steroid dienone is 2. The number of carbonyl (C=O) groups excluding carboxylic acids is 2. The lowest BCUT2D eigenvalue weighted by molar-refractivity contribution is -0.313. The summed E-state index contributed by atoms with van der Waals surface area (Å²) < 4.78 is 0. The molecular formula is C17H26NO3-. The van der Waals surface area contributed by atoms with Gasteiger partial charge in [-0.25, -0.2) is 0 Å². The SMILES string of the molecule is CC1=C(C)C[C@H](C(=O)NC2CCCCCC2)[C@@H](C(=O)[O-])C1. The van der Waals surface area contributed by atoms with Gasteiger partial charge >= 0.3 is 0 Å². The van der Waals surface area contributed by atoms with Crippen LogP contribution in [0.3, 0.4) is 0 Å². The Morgan fingerprint density at radius 1 is 0.952 bits per heavy atom. The minimum atomic E-state index is -1.09. The summed E-state index contributed by atoms with van der Waals surface area (Å²) in [6, 6.07) is 0.217. The molecule has 1 amide bonds. The lowest BCUT2D eigenvalue weighted by Crippen LogP contribution is -2.47. The summed E-state index contributed by atoms with van der Waals surface area (Å²) in [4.78, 5) is 23.9. The Morgan fingerprint density at radius 2 is 1.48 bits per heavy atom. The van der Waals surface area contributed by atoms with Crippen LogP contribution >= 0.6 is 0 Å². The predicted molar refractivity (Wildman–Crippen MR) is 79.2 cm³/mol.